The van der Waals surface area contributed by atoms with Gasteiger partial charge in [0.2, 0.25) is 0 Å². The van der Waals surface area contributed by atoms with Crippen LogP contribution in [0.1, 0.15) is 16.7 Å². The number of hydrogen-bond acceptors (Lipinski definition) is 4. The quantitative estimate of drug-likeness (QED) is 0.289. The number of H-pyrrole nitrogens is 1. The summed E-state index contributed by atoms with van der Waals surface area (Å²) in [5, 5.41) is 13.5. The zero-order valence-corrected chi connectivity index (χ0v) is 16.6. The lowest BCUT2D eigenvalue weighted by atomic mass is 10.1. The Morgan fingerprint density at radius 3 is 2.67 bits per heavy atom. The Labute approximate surface area is 175 Å². The van der Waals surface area contributed by atoms with Gasteiger partial charge >= 0.3 is 0 Å². The van der Waals surface area contributed by atoms with E-state index in [0.29, 0.717) is 0 Å². The van der Waals surface area contributed by atoms with Crippen LogP contribution in [0.25, 0.3) is 28.4 Å². The van der Waals surface area contributed by atoms with Gasteiger partial charge in [0.25, 0.3) is 0 Å². The zero-order valence-electron chi connectivity index (χ0n) is 16.6. The first-order valence-corrected chi connectivity index (χ1v) is 9.99. The molecule has 0 fully saturated rings. The van der Waals surface area contributed by atoms with Crippen LogP contribution in [0.2, 0.25) is 0 Å². The van der Waals surface area contributed by atoms with Gasteiger partial charge in [-0.15, -0.1) is 0 Å². The highest BCUT2D eigenvalue weighted by molar-refractivity contribution is 5.94. The number of para-hydroxylation sites is 1. The van der Waals surface area contributed by atoms with Crippen LogP contribution < -0.4 is 5.32 Å². The minimum absolute atomic E-state index is 0.299. The Bertz CT molecular complexity index is 1140. The molecule has 0 aliphatic carbocycles. The maximum atomic E-state index is 11.1. The molecule has 5 nitrogen and oxygen atoms in total. The van der Waals surface area contributed by atoms with Crippen LogP contribution in [0.5, 0.6) is 0 Å². The average Bonchev–Trinajstić information content (AvgIpc) is 3.44. The third kappa shape index (κ3) is 4.59. The van der Waals surface area contributed by atoms with Crippen molar-refractivity contribution in [2.24, 2.45) is 0 Å². The Kier molecular flexibility index (Phi) is 6.23. The highest BCUT2D eigenvalue weighted by atomic mass is 16.3. The molecule has 4 aromatic rings. The number of fused-ring (bicyclic) bond motifs is 1. The predicted molar refractivity (Wildman–Crippen MR) is 119 cm³/mol. The molecule has 0 bridgehead atoms. The molecule has 30 heavy (non-hydrogen) atoms. The molecule has 3 N–H and O–H groups in total. The first-order chi connectivity index (χ1) is 14.7. The molecular weight excluding hydrogens is 376 g/mol. The van der Waals surface area contributed by atoms with Crippen LogP contribution in [0, 0.1) is 0 Å². The molecule has 0 amide bonds. The van der Waals surface area contributed by atoms with Crippen molar-refractivity contribution in [3.63, 3.8) is 0 Å². The minimum atomic E-state index is -0.462. The number of nitrogens with one attached hydrogen (secondary N) is 2. The number of ketones is 1. The predicted octanol–water partition coefficient (Wildman–Crippen LogP) is 4.33. The molecule has 0 spiro atoms. The van der Waals surface area contributed by atoms with Gasteiger partial charge in [0, 0.05) is 17.4 Å². The average molecular weight is 400 g/mol. The second-order valence-corrected chi connectivity index (χ2v) is 7.13. The topological polar surface area (TPSA) is 78.3 Å². The van der Waals surface area contributed by atoms with E-state index in [9.17, 15) is 4.79 Å². The van der Waals surface area contributed by atoms with Crippen molar-refractivity contribution in [1.82, 2.24) is 10.3 Å². The summed E-state index contributed by atoms with van der Waals surface area (Å²) in [6.45, 7) is 1.14. The Morgan fingerprint density at radius 1 is 1.07 bits per heavy atom. The van der Waals surface area contributed by atoms with Crippen molar-refractivity contribution in [3.8, 4) is 11.5 Å². The van der Waals surface area contributed by atoms with E-state index in [0.717, 1.165) is 42.0 Å². The van der Waals surface area contributed by atoms with Gasteiger partial charge in [-0.05, 0) is 53.9 Å². The number of aliphatic hydroxyl groups excluding tert-OH is 1. The molecule has 2 aromatic heterocycles. The highest BCUT2D eigenvalue weighted by Crippen LogP contribution is 2.30. The van der Waals surface area contributed by atoms with Crippen molar-refractivity contribution in [3.05, 3.63) is 89.7 Å². The SMILES string of the molecule is O=C(/C=C/c1ccc(CNCCc2c(-c3ccco3)[nH]c3ccccc23)cc1)CO. The first kappa shape index (κ1) is 19.9. The number of aromatic amines is 1. The van der Waals surface area contributed by atoms with E-state index in [1.807, 2.05) is 42.5 Å². The Balaban J connectivity index is 1.38. The lowest BCUT2D eigenvalue weighted by molar-refractivity contribution is -0.117. The summed E-state index contributed by atoms with van der Waals surface area (Å²) in [6, 6.07) is 20.2. The number of carbonyl (C=O) groups is 1. The van der Waals surface area contributed by atoms with Crippen molar-refractivity contribution < 1.29 is 14.3 Å². The van der Waals surface area contributed by atoms with Gasteiger partial charge in [-0.2, -0.15) is 0 Å². The molecule has 0 saturated carbocycles. The van der Waals surface area contributed by atoms with Crippen LogP contribution in [-0.2, 0) is 17.8 Å². The van der Waals surface area contributed by atoms with Gasteiger partial charge < -0.3 is 19.8 Å². The van der Waals surface area contributed by atoms with Crippen LogP contribution in [0.15, 0.2) is 77.4 Å². The second-order valence-electron chi connectivity index (χ2n) is 7.13. The van der Waals surface area contributed by atoms with Crippen molar-refractivity contribution in [2.75, 3.05) is 13.2 Å². The summed E-state index contributed by atoms with van der Waals surface area (Å²) in [5.41, 5.74) is 5.51. The van der Waals surface area contributed by atoms with Gasteiger partial charge in [-0.25, -0.2) is 0 Å². The summed E-state index contributed by atoms with van der Waals surface area (Å²) >= 11 is 0. The molecule has 0 aliphatic heterocycles. The molecule has 2 heterocycles. The summed E-state index contributed by atoms with van der Waals surface area (Å²) in [4.78, 5) is 14.6. The molecule has 0 atom stereocenters. The van der Waals surface area contributed by atoms with Crippen LogP contribution >= 0.6 is 0 Å². The number of aromatic nitrogens is 1. The molecule has 5 heteroatoms. The fourth-order valence-corrected chi connectivity index (χ4v) is 3.53. The highest BCUT2D eigenvalue weighted by Gasteiger charge is 2.14. The van der Waals surface area contributed by atoms with Crippen LogP contribution in [0.3, 0.4) is 0 Å². The van der Waals surface area contributed by atoms with Crippen molar-refractivity contribution in [1.29, 1.82) is 0 Å². The van der Waals surface area contributed by atoms with Gasteiger partial charge in [-0.3, -0.25) is 4.79 Å². The van der Waals surface area contributed by atoms with Gasteiger partial charge in [0.1, 0.15) is 12.4 Å². The lowest BCUT2D eigenvalue weighted by Crippen LogP contribution is -2.16. The third-order valence-electron chi connectivity index (χ3n) is 5.06. The minimum Gasteiger partial charge on any atom is -0.463 e. The number of aliphatic hydroxyl groups is 1. The maximum Gasteiger partial charge on any atom is 0.181 e. The molecule has 4 rings (SSSR count). The number of furan rings is 1. The largest absolute Gasteiger partial charge is 0.463 e. The Hall–Kier alpha value is -3.41. The maximum absolute atomic E-state index is 11.1. The number of carbonyl (C=O) groups excluding carboxylic acids is 1. The van der Waals surface area contributed by atoms with Crippen molar-refractivity contribution in [2.45, 2.75) is 13.0 Å². The summed E-state index contributed by atoms with van der Waals surface area (Å²) in [7, 11) is 0. The van der Waals surface area contributed by atoms with Gasteiger partial charge in [-0.1, -0.05) is 48.5 Å². The third-order valence-corrected chi connectivity index (χ3v) is 5.06. The smallest absolute Gasteiger partial charge is 0.181 e. The molecular formula is C25H24N2O3. The first-order valence-electron chi connectivity index (χ1n) is 9.99. The monoisotopic (exact) mass is 400 g/mol. The number of rotatable bonds is 9. The fraction of sp³-hybridized carbons (Fsp3) is 0.160. The van der Waals surface area contributed by atoms with E-state index in [2.05, 4.69) is 28.5 Å². The van der Waals surface area contributed by atoms with E-state index < -0.39 is 6.61 Å². The molecule has 152 valence electrons. The van der Waals surface area contributed by atoms with Gasteiger partial charge in [0.05, 0.1) is 12.0 Å². The van der Waals surface area contributed by atoms with E-state index in [4.69, 9.17) is 9.52 Å². The Morgan fingerprint density at radius 2 is 1.90 bits per heavy atom. The second kappa shape index (κ2) is 9.39. The fourth-order valence-electron chi connectivity index (χ4n) is 3.53. The van der Waals surface area contributed by atoms with Gasteiger partial charge in [0.15, 0.2) is 5.78 Å². The molecule has 0 unspecified atom stereocenters. The zero-order chi connectivity index (χ0) is 20.8. The number of benzene rings is 2. The molecule has 0 aliphatic rings. The standard InChI is InChI=1S/C25H24N2O3/c28-17-20(29)12-11-18-7-9-19(10-8-18)16-26-14-13-22-21-4-1-2-5-23(21)27-25(22)24-6-3-15-30-24/h1-12,15,26-28H,13-14,16-17H2/b12-11+. The van der Waals surface area contributed by atoms with E-state index in [1.165, 1.54) is 22.6 Å². The summed E-state index contributed by atoms with van der Waals surface area (Å²) in [5.74, 6) is 0.552. The lowest BCUT2D eigenvalue weighted by Gasteiger charge is -2.07. The van der Waals surface area contributed by atoms with E-state index >= 15 is 0 Å². The van der Waals surface area contributed by atoms with Crippen LogP contribution in [-0.4, -0.2) is 29.0 Å². The van der Waals surface area contributed by atoms with E-state index in [1.54, 1.807) is 12.3 Å². The number of hydrogen-bond donors (Lipinski definition) is 3. The molecule has 2 aromatic carbocycles. The molecule has 0 radical (unpaired) electrons. The summed E-state index contributed by atoms with van der Waals surface area (Å²) < 4.78 is 5.63. The normalized spacial score (nSPS) is 11.5. The molecule has 0 saturated heterocycles. The summed E-state index contributed by atoms with van der Waals surface area (Å²) in [6.07, 6.45) is 5.68. The van der Waals surface area contributed by atoms with Crippen LogP contribution in [0.4, 0.5) is 0 Å². The van der Waals surface area contributed by atoms with E-state index in [-0.39, 0.29) is 5.78 Å². The van der Waals surface area contributed by atoms with Crippen molar-refractivity contribution >= 4 is 22.8 Å².